The monoisotopic (exact) mass is 866 g/mol. The van der Waals surface area contributed by atoms with Gasteiger partial charge in [0.1, 0.15) is 0 Å². The molecule has 0 spiro atoms. The molecule has 0 aliphatic heterocycles. The molecule has 0 amide bonds. The van der Waals surface area contributed by atoms with Gasteiger partial charge in [-0.25, -0.2) is 0 Å². The van der Waals surface area contributed by atoms with E-state index < -0.39 is 26.4 Å². The van der Waals surface area contributed by atoms with Gasteiger partial charge >= 0.3 is 26.4 Å². The molecule has 3 unspecified atom stereocenters. The minimum Gasteiger partial charge on any atom is -0.374 e. The van der Waals surface area contributed by atoms with Gasteiger partial charge < -0.3 is 39.8 Å². The summed E-state index contributed by atoms with van der Waals surface area (Å²) in [7, 11) is 0.395. The fraction of sp³-hybridized carbons (Fsp3) is 1.00. The van der Waals surface area contributed by atoms with Crippen molar-refractivity contribution < 1.29 is 39.8 Å². The first kappa shape index (κ1) is 51.7. The zero-order chi connectivity index (χ0) is 38.4. The summed E-state index contributed by atoms with van der Waals surface area (Å²) >= 11 is 0. The highest BCUT2D eigenvalue weighted by Crippen LogP contribution is 2.43. The third kappa shape index (κ3) is 21.4. The molecule has 0 aromatic carbocycles. The second kappa shape index (κ2) is 32.6. The van der Waals surface area contributed by atoms with E-state index in [1.165, 1.54) is 43.6 Å². The Morgan fingerprint density at radius 3 is 1.08 bits per heavy atom. The molecular formula is C36H78O9S4Si3. The first-order valence-corrected chi connectivity index (χ1v) is 31.3. The standard InChI is InChI=1S/C36H78O9S4Si3/c1-10-37-50(38-11-2,39-12-3)30-19-26-46-48-28-23-35-22-21-34(25-32-52(43-16-7,44-17-8)45-18-9)33-36(35)24-29-49-47-27-20-31-51(40-13-4,41-14-5)42-15-6/h34-36H,10-33H2,1-9H3. The molecule has 52 heavy (non-hydrogen) atoms. The number of rotatable bonds is 37. The third-order valence-electron chi connectivity index (χ3n) is 9.12. The van der Waals surface area contributed by atoms with Crippen molar-refractivity contribution in [2.45, 2.75) is 132 Å². The lowest BCUT2D eigenvalue weighted by Gasteiger charge is -2.37. The average molecular weight is 868 g/mol. The van der Waals surface area contributed by atoms with Crippen LogP contribution in [0.4, 0.5) is 0 Å². The lowest BCUT2D eigenvalue weighted by Crippen LogP contribution is -2.46. The Kier molecular flexibility index (Phi) is 32.4. The fourth-order valence-corrected chi connectivity index (χ4v) is 20.1. The van der Waals surface area contributed by atoms with Crippen molar-refractivity contribution in [1.29, 1.82) is 0 Å². The van der Waals surface area contributed by atoms with Crippen molar-refractivity contribution >= 4 is 69.6 Å². The molecule has 312 valence electrons. The van der Waals surface area contributed by atoms with Gasteiger partial charge in [-0.3, -0.25) is 0 Å². The highest BCUT2D eigenvalue weighted by molar-refractivity contribution is 8.77. The molecule has 1 aliphatic rings. The summed E-state index contributed by atoms with van der Waals surface area (Å²) in [5.41, 5.74) is 0. The molecule has 0 aromatic heterocycles. The summed E-state index contributed by atoms with van der Waals surface area (Å²) in [4.78, 5) is 0. The van der Waals surface area contributed by atoms with E-state index in [0.717, 1.165) is 60.7 Å². The number of hydrogen-bond acceptors (Lipinski definition) is 13. The highest BCUT2D eigenvalue weighted by atomic mass is 33.1. The topological polar surface area (TPSA) is 83.1 Å². The second-order valence-corrected chi connectivity index (χ2v) is 26.4. The van der Waals surface area contributed by atoms with Gasteiger partial charge in [-0.15, -0.1) is 0 Å². The fourth-order valence-electron chi connectivity index (χ4n) is 7.13. The van der Waals surface area contributed by atoms with Gasteiger partial charge in [-0.2, -0.15) is 0 Å². The quantitative estimate of drug-likeness (QED) is 0.0338. The molecule has 0 radical (unpaired) electrons. The van der Waals surface area contributed by atoms with Gasteiger partial charge in [0.2, 0.25) is 0 Å². The maximum atomic E-state index is 6.21. The van der Waals surface area contributed by atoms with E-state index in [4.69, 9.17) is 39.8 Å². The van der Waals surface area contributed by atoms with Crippen LogP contribution >= 0.6 is 43.2 Å². The van der Waals surface area contributed by atoms with E-state index >= 15 is 0 Å². The van der Waals surface area contributed by atoms with Crippen molar-refractivity contribution in [2.24, 2.45) is 17.8 Å². The predicted octanol–water partition coefficient (Wildman–Crippen LogP) is 10.9. The Bertz CT molecular complexity index is 780. The maximum absolute atomic E-state index is 6.21. The predicted molar refractivity (Wildman–Crippen MR) is 234 cm³/mol. The molecule has 1 rings (SSSR count). The highest BCUT2D eigenvalue weighted by Gasteiger charge is 2.42. The molecule has 9 nitrogen and oxygen atoms in total. The largest absolute Gasteiger partial charge is 0.500 e. The van der Waals surface area contributed by atoms with Gasteiger partial charge in [0.15, 0.2) is 0 Å². The molecule has 1 aliphatic carbocycles. The Balaban J connectivity index is 2.70. The molecule has 3 atom stereocenters. The molecule has 0 N–H and O–H groups in total. The maximum Gasteiger partial charge on any atom is 0.500 e. The van der Waals surface area contributed by atoms with Crippen LogP contribution in [0.3, 0.4) is 0 Å². The minimum absolute atomic E-state index is 0.639. The summed E-state index contributed by atoms with van der Waals surface area (Å²) in [5.74, 6) is 6.89. The summed E-state index contributed by atoms with van der Waals surface area (Å²) in [6.45, 7) is 24.1. The van der Waals surface area contributed by atoms with E-state index in [-0.39, 0.29) is 0 Å². The first-order valence-electron chi connectivity index (χ1n) is 20.5. The second-order valence-electron chi connectivity index (χ2n) is 12.8. The van der Waals surface area contributed by atoms with Crippen molar-refractivity contribution in [1.82, 2.24) is 0 Å². The van der Waals surface area contributed by atoms with E-state index in [0.29, 0.717) is 65.4 Å². The van der Waals surface area contributed by atoms with E-state index in [2.05, 4.69) is 20.8 Å². The average Bonchev–Trinajstić information content (AvgIpc) is 3.11. The molecule has 0 bridgehead atoms. The van der Waals surface area contributed by atoms with Crippen LogP contribution in [-0.4, -0.2) is 109 Å². The number of hydrogen-bond donors (Lipinski definition) is 0. The van der Waals surface area contributed by atoms with E-state index in [1.807, 2.05) is 84.7 Å². The molecule has 0 heterocycles. The minimum atomic E-state index is -2.61. The summed E-state index contributed by atoms with van der Waals surface area (Å²) in [6, 6.07) is 2.71. The van der Waals surface area contributed by atoms with Crippen LogP contribution in [0.15, 0.2) is 0 Å². The molecule has 1 fully saturated rings. The molecule has 1 saturated carbocycles. The zero-order valence-electron chi connectivity index (χ0n) is 34.5. The van der Waals surface area contributed by atoms with Crippen LogP contribution in [0.5, 0.6) is 0 Å². The SMILES string of the molecule is CCO[Si](CCCSSCCC1CCC(CC[Si](OCC)(OCC)OCC)CC1CCSSCCC[Si](OCC)(OCC)OCC)(OCC)OCC. The van der Waals surface area contributed by atoms with Gasteiger partial charge in [-0.1, -0.05) is 49.6 Å². The summed E-state index contributed by atoms with van der Waals surface area (Å²) in [6.07, 6.45) is 9.80. The Labute approximate surface area is 339 Å². The van der Waals surface area contributed by atoms with Gasteiger partial charge in [0.25, 0.3) is 0 Å². The molecule has 16 heteroatoms. The lowest BCUT2D eigenvalue weighted by molar-refractivity contribution is 0.0671. The Hall–Kier alpha value is 1.69. The lowest BCUT2D eigenvalue weighted by atomic mass is 9.71. The molecular weight excluding hydrogens is 789 g/mol. The Morgan fingerprint density at radius 1 is 0.385 bits per heavy atom. The Morgan fingerprint density at radius 2 is 0.712 bits per heavy atom. The molecule has 0 saturated heterocycles. The third-order valence-corrected chi connectivity index (χ3v) is 23.6. The summed E-state index contributed by atoms with van der Waals surface area (Å²) < 4.78 is 55.0. The van der Waals surface area contributed by atoms with Crippen LogP contribution in [0.1, 0.15) is 114 Å². The van der Waals surface area contributed by atoms with E-state index in [1.54, 1.807) is 0 Å². The smallest absolute Gasteiger partial charge is 0.374 e. The van der Waals surface area contributed by atoms with Crippen molar-refractivity contribution in [3.05, 3.63) is 0 Å². The van der Waals surface area contributed by atoms with Crippen molar-refractivity contribution in [3.8, 4) is 0 Å². The van der Waals surface area contributed by atoms with Crippen LogP contribution in [0.25, 0.3) is 0 Å². The van der Waals surface area contributed by atoms with Crippen LogP contribution in [0, 0.1) is 17.8 Å². The van der Waals surface area contributed by atoms with Gasteiger partial charge in [0, 0.05) is 101 Å². The zero-order valence-corrected chi connectivity index (χ0v) is 40.8. The van der Waals surface area contributed by atoms with Crippen molar-refractivity contribution in [3.63, 3.8) is 0 Å². The van der Waals surface area contributed by atoms with E-state index in [9.17, 15) is 0 Å². The summed E-state index contributed by atoms with van der Waals surface area (Å²) in [5, 5.41) is 0. The van der Waals surface area contributed by atoms with Crippen molar-refractivity contribution in [2.75, 3.05) is 82.5 Å². The van der Waals surface area contributed by atoms with Crippen LogP contribution < -0.4 is 0 Å². The molecule has 0 aromatic rings. The van der Waals surface area contributed by atoms with Gasteiger partial charge in [0.05, 0.1) is 0 Å². The van der Waals surface area contributed by atoms with Gasteiger partial charge in [-0.05, 0) is 125 Å². The normalized spacial score (nSPS) is 18.8. The van der Waals surface area contributed by atoms with Crippen LogP contribution in [0.2, 0.25) is 18.1 Å². The first-order chi connectivity index (χ1) is 25.3. The van der Waals surface area contributed by atoms with Crippen LogP contribution in [-0.2, 0) is 39.8 Å².